The topological polar surface area (TPSA) is 30.5 Å². The fraction of sp³-hybridized carbons (Fsp3) is 0.250. The predicted molar refractivity (Wildman–Crippen MR) is 93.6 cm³/mol. The molecule has 1 unspecified atom stereocenters. The van der Waals surface area contributed by atoms with Crippen molar-refractivity contribution in [2.24, 2.45) is 0 Å². The van der Waals surface area contributed by atoms with E-state index in [1.807, 2.05) is 36.4 Å². The van der Waals surface area contributed by atoms with Gasteiger partial charge < -0.3 is 14.8 Å². The second kappa shape index (κ2) is 6.32. The van der Waals surface area contributed by atoms with Crippen LogP contribution in [0.1, 0.15) is 18.0 Å². The van der Waals surface area contributed by atoms with Gasteiger partial charge in [-0.05, 0) is 59.0 Å². The smallest absolute Gasteiger partial charge is 0.124 e. The molecule has 1 aliphatic rings. The lowest BCUT2D eigenvalue weighted by Crippen LogP contribution is -2.20. The summed E-state index contributed by atoms with van der Waals surface area (Å²) in [7, 11) is 1.67. The van der Waals surface area contributed by atoms with Crippen LogP contribution in [-0.2, 0) is 0 Å². The van der Waals surface area contributed by atoms with Crippen molar-refractivity contribution >= 4 is 39.9 Å². The first-order valence-electron chi connectivity index (χ1n) is 6.69. The van der Waals surface area contributed by atoms with Crippen molar-refractivity contribution < 1.29 is 9.47 Å². The molecule has 0 radical (unpaired) electrons. The standard InChI is InChI=1S/C16H15ClINO2/c1-20-11-3-5-16-12(9-11)14(6-7-21-16)19-15-4-2-10(18)8-13(15)17/h2-5,8-9,14,19H,6-7H2,1H3. The molecule has 2 aromatic carbocycles. The van der Waals surface area contributed by atoms with Crippen molar-refractivity contribution in [1.29, 1.82) is 0 Å². The Bertz CT molecular complexity index is 663. The van der Waals surface area contributed by atoms with E-state index in [2.05, 4.69) is 27.9 Å². The van der Waals surface area contributed by atoms with Crippen LogP contribution < -0.4 is 14.8 Å². The molecule has 0 saturated heterocycles. The van der Waals surface area contributed by atoms with Crippen LogP contribution in [0.3, 0.4) is 0 Å². The van der Waals surface area contributed by atoms with Gasteiger partial charge in [-0.25, -0.2) is 0 Å². The van der Waals surface area contributed by atoms with Gasteiger partial charge in [-0.2, -0.15) is 0 Å². The van der Waals surface area contributed by atoms with E-state index in [0.29, 0.717) is 6.61 Å². The van der Waals surface area contributed by atoms with Gasteiger partial charge in [0.05, 0.1) is 30.5 Å². The van der Waals surface area contributed by atoms with Gasteiger partial charge in [-0.3, -0.25) is 0 Å². The fourth-order valence-corrected chi connectivity index (χ4v) is 3.35. The van der Waals surface area contributed by atoms with E-state index in [1.54, 1.807) is 7.11 Å². The van der Waals surface area contributed by atoms with Crippen LogP contribution in [-0.4, -0.2) is 13.7 Å². The number of ether oxygens (including phenoxy) is 2. The van der Waals surface area contributed by atoms with E-state index in [0.717, 1.165) is 37.8 Å². The number of rotatable bonds is 3. The van der Waals surface area contributed by atoms with Gasteiger partial charge in [0.15, 0.2) is 0 Å². The zero-order valence-electron chi connectivity index (χ0n) is 11.5. The maximum atomic E-state index is 6.31. The summed E-state index contributed by atoms with van der Waals surface area (Å²) in [5.74, 6) is 1.74. The maximum absolute atomic E-state index is 6.31. The van der Waals surface area contributed by atoms with Crippen molar-refractivity contribution in [2.45, 2.75) is 12.5 Å². The lowest BCUT2D eigenvalue weighted by atomic mass is 10.00. The lowest BCUT2D eigenvalue weighted by molar-refractivity contribution is 0.273. The summed E-state index contributed by atoms with van der Waals surface area (Å²) in [6.07, 6.45) is 0.891. The predicted octanol–water partition coefficient (Wildman–Crippen LogP) is 4.89. The van der Waals surface area contributed by atoms with Gasteiger partial charge >= 0.3 is 0 Å². The van der Waals surface area contributed by atoms with Crippen LogP contribution in [0, 0.1) is 3.57 Å². The largest absolute Gasteiger partial charge is 0.497 e. The molecule has 0 bridgehead atoms. The van der Waals surface area contributed by atoms with Crippen molar-refractivity contribution in [3.63, 3.8) is 0 Å². The summed E-state index contributed by atoms with van der Waals surface area (Å²) in [5, 5.41) is 4.25. The molecule has 1 N–H and O–H groups in total. The zero-order chi connectivity index (χ0) is 14.8. The number of halogens is 2. The molecule has 110 valence electrons. The molecule has 1 atom stereocenters. The molecule has 3 rings (SSSR count). The normalized spacial score (nSPS) is 16.8. The number of hydrogen-bond donors (Lipinski definition) is 1. The van der Waals surface area contributed by atoms with Crippen LogP contribution in [0.4, 0.5) is 5.69 Å². The van der Waals surface area contributed by atoms with E-state index in [1.165, 1.54) is 0 Å². The Morgan fingerprint density at radius 3 is 2.90 bits per heavy atom. The van der Waals surface area contributed by atoms with Gasteiger partial charge in [0, 0.05) is 15.6 Å². The summed E-state index contributed by atoms with van der Waals surface area (Å²) in [4.78, 5) is 0. The van der Waals surface area contributed by atoms with Crippen molar-refractivity contribution in [1.82, 2.24) is 0 Å². The molecule has 21 heavy (non-hydrogen) atoms. The summed E-state index contributed by atoms with van der Waals surface area (Å²) in [6, 6.07) is 12.1. The number of anilines is 1. The van der Waals surface area contributed by atoms with Gasteiger partial charge in [-0.15, -0.1) is 0 Å². The third kappa shape index (κ3) is 3.21. The Kier molecular flexibility index (Phi) is 4.45. The fourth-order valence-electron chi connectivity index (χ4n) is 2.44. The molecule has 0 fully saturated rings. The number of fused-ring (bicyclic) bond motifs is 1. The summed E-state index contributed by atoms with van der Waals surface area (Å²) in [6.45, 7) is 0.693. The van der Waals surface area contributed by atoms with E-state index in [-0.39, 0.29) is 6.04 Å². The number of nitrogens with one attached hydrogen (secondary N) is 1. The first-order valence-corrected chi connectivity index (χ1v) is 8.15. The summed E-state index contributed by atoms with van der Waals surface area (Å²) >= 11 is 8.56. The molecule has 0 aliphatic carbocycles. The molecular weight excluding hydrogens is 401 g/mol. The van der Waals surface area contributed by atoms with Gasteiger partial charge in [0.1, 0.15) is 11.5 Å². The third-order valence-electron chi connectivity index (χ3n) is 3.52. The van der Waals surface area contributed by atoms with E-state index in [4.69, 9.17) is 21.1 Å². The summed E-state index contributed by atoms with van der Waals surface area (Å²) < 4.78 is 12.1. The SMILES string of the molecule is COc1ccc2c(c1)C(Nc1ccc(I)cc1Cl)CCO2. The Labute approximate surface area is 142 Å². The highest BCUT2D eigenvalue weighted by atomic mass is 127. The lowest BCUT2D eigenvalue weighted by Gasteiger charge is -2.28. The molecule has 5 heteroatoms. The van der Waals surface area contributed by atoms with Crippen LogP contribution in [0.5, 0.6) is 11.5 Å². The Morgan fingerprint density at radius 2 is 2.14 bits per heavy atom. The average molecular weight is 416 g/mol. The quantitative estimate of drug-likeness (QED) is 0.724. The molecule has 1 aliphatic heterocycles. The van der Waals surface area contributed by atoms with Crippen LogP contribution in [0.15, 0.2) is 36.4 Å². The molecule has 2 aromatic rings. The first kappa shape index (κ1) is 14.8. The van der Waals surface area contributed by atoms with Gasteiger partial charge in [0.25, 0.3) is 0 Å². The second-order valence-electron chi connectivity index (χ2n) is 4.86. The molecule has 1 heterocycles. The number of benzene rings is 2. The molecule has 0 spiro atoms. The van der Waals surface area contributed by atoms with Crippen molar-refractivity contribution in [2.75, 3.05) is 19.0 Å². The van der Waals surface area contributed by atoms with Gasteiger partial charge in [-0.1, -0.05) is 11.6 Å². The average Bonchev–Trinajstić information content (AvgIpc) is 2.50. The third-order valence-corrected chi connectivity index (χ3v) is 4.50. The highest BCUT2D eigenvalue weighted by Gasteiger charge is 2.22. The second-order valence-corrected chi connectivity index (χ2v) is 6.51. The minimum Gasteiger partial charge on any atom is -0.497 e. The van der Waals surface area contributed by atoms with E-state index < -0.39 is 0 Å². The first-order chi connectivity index (χ1) is 10.2. The number of hydrogen-bond acceptors (Lipinski definition) is 3. The molecular formula is C16H15ClINO2. The van der Waals surface area contributed by atoms with Gasteiger partial charge in [0.2, 0.25) is 0 Å². The molecule has 3 nitrogen and oxygen atoms in total. The monoisotopic (exact) mass is 415 g/mol. The number of methoxy groups -OCH3 is 1. The minimum absolute atomic E-state index is 0.168. The minimum atomic E-state index is 0.168. The summed E-state index contributed by atoms with van der Waals surface area (Å²) in [5.41, 5.74) is 2.05. The van der Waals surface area contributed by atoms with Crippen LogP contribution in [0.2, 0.25) is 5.02 Å². The highest BCUT2D eigenvalue weighted by molar-refractivity contribution is 14.1. The maximum Gasteiger partial charge on any atom is 0.124 e. The Morgan fingerprint density at radius 1 is 1.29 bits per heavy atom. The van der Waals surface area contributed by atoms with Crippen molar-refractivity contribution in [3.8, 4) is 11.5 Å². The Balaban J connectivity index is 1.90. The Hall–Kier alpha value is -1.14. The molecule has 0 amide bonds. The van der Waals surface area contributed by atoms with E-state index in [9.17, 15) is 0 Å². The van der Waals surface area contributed by atoms with Crippen LogP contribution in [0.25, 0.3) is 0 Å². The van der Waals surface area contributed by atoms with Crippen LogP contribution >= 0.6 is 34.2 Å². The zero-order valence-corrected chi connectivity index (χ0v) is 14.4. The van der Waals surface area contributed by atoms with Crippen molar-refractivity contribution in [3.05, 3.63) is 50.6 Å². The van der Waals surface area contributed by atoms with E-state index >= 15 is 0 Å². The highest BCUT2D eigenvalue weighted by Crippen LogP contribution is 2.38. The molecule has 0 aromatic heterocycles. The molecule has 0 saturated carbocycles.